The molecular weight excluding hydrogens is 254 g/mol. The molecule has 0 saturated carbocycles. The summed E-state index contributed by atoms with van der Waals surface area (Å²) in [5.41, 5.74) is 1.51. The van der Waals surface area contributed by atoms with Gasteiger partial charge in [0.2, 0.25) is 0 Å². The Bertz CT molecular complexity index is 428. The fourth-order valence-corrected chi connectivity index (χ4v) is 1.56. The molecule has 1 rings (SSSR count). The van der Waals surface area contributed by atoms with Gasteiger partial charge < -0.3 is 5.32 Å². The van der Waals surface area contributed by atoms with Crippen LogP contribution in [-0.2, 0) is 0 Å². The first-order chi connectivity index (χ1) is 7.17. The summed E-state index contributed by atoms with van der Waals surface area (Å²) in [5, 5.41) is 20.4. The van der Waals surface area contributed by atoms with Crippen molar-refractivity contribution >= 4 is 21.6 Å². The van der Waals surface area contributed by atoms with Gasteiger partial charge in [-0.05, 0) is 41.1 Å². The smallest absolute Gasteiger partial charge is 0.0992 e. The van der Waals surface area contributed by atoms with E-state index in [2.05, 4.69) is 33.4 Å². The Labute approximate surface area is 97.5 Å². The molecule has 1 unspecified atom stereocenters. The van der Waals surface area contributed by atoms with Gasteiger partial charge in [0, 0.05) is 16.7 Å². The Balaban J connectivity index is 2.72. The second-order valence-electron chi connectivity index (χ2n) is 3.22. The predicted octanol–water partition coefficient (Wildman–Crippen LogP) is 2.89. The first-order valence-electron chi connectivity index (χ1n) is 4.50. The number of nitrogens with zero attached hydrogens (tertiary/aromatic N) is 2. The van der Waals surface area contributed by atoms with Crippen molar-refractivity contribution in [2.24, 2.45) is 5.92 Å². The lowest BCUT2D eigenvalue weighted by Crippen LogP contribution is -2.09. The van der Waals surface area contributed by atoms with Crippen molar-refractivity contribution in [1.29, 1.82) is 10.5 Å². The molecule has 0 aliphatic carbocycles. The maximum atomic E-state index is 8.67. The molecule has 4 heteroatoms. The molecule has 0 fully saturated rings. The van der Waals surface area contributed by atoms with Crippen molar-refractivity contribution in [3.8, 4) is 12.1 Å². The summed E-state index contributed by atoms with van der Waals surface area (Å²) in [7, 11) is 0. The van der Waals surface area contributed by atoms with Crippen LogP contribution in [0.25, 0.3) is 0 Å². The van der Waals surface area contributed by atoms with Gasteiger partial charge in [-0.2, -0.15) is 10.5 Å². The van der Waals surface area contributed by atoms with Crippen LogP contribution in [0.5, 0.6) is 0 Å². The van der Waals surface area contributed by atoms with E-state index in [0.29, 0.717) is 12.1 Å². The summed E-state index contributed by atoms with van der Waals surface area (Å²) in [6.07, 6.45) is 0. The molecule has 1 aromatic rings. The lowest BCUT2D eigenvalue weighted by atomic mass is 10.2. The van der Waals surface area contributed by atoms with Crippen molar-refractivity contribution in [3.63, 3.8) is 0 Å². The summed E-state index contributed by atoms with van der Waals surface area (Å²) in [5.74, 6) is -0.0347. The molecule has 0 saturated heterocycles. The molecule has 3 nitrogen and oxygen atoms in total. The number of anilines is 1. The van der Waals surface area contributed by atoms with Gasteiger partial charge in [-0.1, -0.05) is 0 Å². The Kier molecular flexibility index (Phi) is 4.15. The summed E-state index contributed by atoms with van der Waals surface area (Å²) in [6, 6.07) is 9.52. The fourth-order valence-electron chi connectivity index (χ4n) is 1.04. The van der Waals surface area contributed by atoms with Gasteiger partial charge in [-0.15, -0.1) is 0 Å². The van der Waals surface area contributed by atoms with E-state index in [1.54, 1.807) is 12.1 Å². The van der Waals surface area contributed by atoms with Crippen molar-refractivity contribution in [3.05, 3.63) is 28.2 Å². The molecule has 1 atom stereocenters. The largest absolute Gasteiger partial charge is 0.383 e. The molecule has 0 aliphatic rings. The van der Waals surface area contributed by atoms with E-state index in [4.69, 9.17) is 10.5 Å². The minimum atomic E-state index is -0.0347. The third kappa shape index (κ3) is 3.27. The zero-order valence-corrected chi connectivity index (χ0v) is 9.87. The molecule has 0 bridgehead atoms. The summed E-state index contributed by atoms with van der Waals surface area (Å²) in [6.45, 7) is 2.45. The topological polar surface area (TPSA) is 59.6 Å². The first-order valence-corrected chi connectivity index (χ1v) is 5.30. The maximum Gasteiger partial charge on any atom is 0.0992 e. The van der Waals surface area contributed by atoms with Crippen LogP contribution < -0.4 is 5.32 Å². The van der Waals surface area contributed by atoms with Gasteiger partial charge >= 0.3 is 0 Å². The molecule has 0 amide bonds. The molecule has 0 aromatic heterocycles. The van der Waals surface area contributed by atoms with Crippen molar-refractivity contribution < 1.29 is 0 Å². The van der Waals surface area contributed by atoms with Gasteiger partial charge in [0.15, 0.2) is 0 Å². The van der Waals surface area contributed by atoms with Crippen molar-refractivity contribution in [2.45, 2.75) is 6.92 Å². The molecule has 76 valence electrons. The highest BCUT2D eigenvalue weighted by molar-refractivity contribution is 9.10. The average molecular weight is 264 g/mol. The van der Waals surface area contributed by atoms with E-state index < -0.39 is 0 Å². The molecule has 0 heterocycles. The number of nitriles is 2. The van der Waals surface area contributed by atoms with Gasteiger partial charge in [-0.3, -0.25) is 0 Å². The number of nitrogens with one attached hydrogen (secondary N) is 1. The third-order valence-corrected chi connectivity index (χ3v) is 2.57. The highest BCUT2D eigenvalue weighted by Crippen LogP contribution is 2.23. The minimum absolute atomic E-state index is 0.0347. The van der Waals surface area contributed by atoms with Crippen LogP contribution in [0.3, 0.4) is 0 Å². The van der Waals surface area contributed by atoms with Crippen LogP contribution >= 0.6 is 15.9 Å². The number of halogens is 1. The Morgan fingerprint density at radius 3 is 2.73 bits per heavy atom. The molecule has 0 spiro atoms. The lowest BCUT2D eigenvalue weighted by molar-refractivity contribution is 0.786. The minimum Gasteiger partial charge on any atom is -0.383 e. The Morgan fingerprint density at radius 1 is 1.47 bits per heavy atom. The molecule has 0 radical (unpaired) electrons. The zero-order valence-electron chi connectivity index (χ0n) is 8.29. The second-order valence-corrected chi connectivity index (χ2v) is 4.07. The van der Waals surface area contributed by atoms with Gasteiger partial charge in [0.25, 0.3) is 0 Å². The van der Waals surface area contributed by atoms with Crippen LogP contribution in [0.4, 0.5) is 5.69 Å². The number of benzene rings is 1. The second kappa shape index (κ2) is 5.38. The molecule has 1 aromatic carbocycles. The molecule has 0 aliphatic heterocycles. The lowest BCUT2D eigenvalue weighted by Gasteiger charge is -2.09. The number of hydrogen-bond acceptors (Lipinski definition) is 3. The summed E-state index contributed by atoms with van der Waals surface area (Å²) in [4.78, 5) is 0. The third-order valence-electron chi connectivity index (χ3n) is 1.92. The average Bonchev–Trinajstić information content (AvgIpc) is 2.26. The van der Waals surface area contributed by atoms with E-state index in [1.165, 1.54) is 0 Å². The quantitative estimate of drug-likeness (QED) is 0.913. The van der Waals surface area contributed by atoms with Gasteiger partial charge in [0.05, 0.1) is 23.6 Å². The molecule has 1 N–H and O–H groups in total. The van der Waals surface area contributed by atoms with Gasteiger partial charge in [-0.25, -0.2) is 0 Å². The highest BCUT2D eigenvalue weighted by atomic mass is 79.9. The van der Waals surface area contributed by atoms with E-state index in [9.17, 15) is 0 Å². The van der Waals surface area contributed by atoms with Gasteiger partial charge in [0.1, 0.15) is 0 Å². The van der Waals surface area contributed by atoms with E-state index in [-0.39, 0.29) is 5.92 Å². The van der Waals surface area contributed by atoms with E-state index >= 15 is 0 Å². The monoisotopic (exact) mass is 263 g/mol. The summed E-state index contributed by atoms with van der Waals surface area (Å²) < 4.78 is 0.840. The first kappa shape index (κ1) is 11.6. The zero-order chi connectivity index (χ0) is 11.3. The predicted molar refractivity (Wildman–Crippen MR) is 62.1 cm³/mol. The van der Waals surface area contributed by atoms with E-state index in [1.807, 2.05) is 13.0 Å². The van der Waals surface area contributed by atoms with Crippen LogP contribution in [-0.4, -0.2) is 6.54 Å². The van der Waals surface area contributed by atoms with Crippen LogP contribution in [0, 0.1) is 28.6 Å². The van der Waals surface area contributed by atoms with Crippen LogP contribution in [0.2, 0.25) is 0 Å². The van der Waals surface area contributed by atoms with Crippen molar-refractivity contribution in [1.82, 2.24) is 0 Å². The maximum absolute atomic E-state index is 8.67. The standard InChI is InChI=1S/C11H10BrN3/c1-8(5-13)7-15-11-3-2-9(6-14)4-10(11)12/h2-4,8,15H,7H2,1H3. The summed E-state index contributed by atoms with van der Waals surface area (Å²) >= 11 is 3.36. The fraction of sp³-hybridized carbons (Fsp3) is 0.273. The molecule has 15 heavy (non-hydrogen) atoms. The van der Waals surface area contributed by atoms with Crippen molar-refractivity contribution in [2.75, 3.05) is 11.9 Å². The number of hydrogen-bond donors (Lipinski definition) is 1. The normalized spacial score (nSPS) is 11.2. The molecular formula is C11H10BrN3. The SMILES string of the molecule is CC(C#N)CNc1ccc(C#N)cc1Br. The van der Waals surface area contributed by atoms with Crippen LogP contribution in [0.15, 0.2) is 22.7 Å². The highest BCUT2D eigenvalue weighted by Gasteiger charge is 2.03. The Morgan fingerprint density at radius 2 is 2.20 bits per heavy atom. The van der Waals surface area contributed by atoms with Crippen LogP contribution in [0.1, 0.15) is 12.5 Å². The number of rotatable bonds is 3. The van der Waals surface area contributed by atoms with E-state index in [0.717, 1.165) is 10.2 Å². The Hall–Kier alpha value is -1.52.